The molecule has 0 saturated carbocycles. The highest BCUT2D eigenvalue weighted by Gasteiger charge is 2.15. The van der Waals surface area contributed by atoms with Gasteiger partial charge in [0.2, 0.25) is 5.91 Å². The highest BCUT2D eigenvalue weighted by Crippen LogP contribution is 2.28. The number of morpholine rings is 1. The number of hydrogen-bond acceptors (Lipinski definition) is 6. The second-order valence-electron chi connectivity index (χ2n) is 7.80. The standard InChI is InChI=1S/C24H28N4O2S/c1-27(2)21-10-3-18(4-11-21)5-12-23(29)25-20-8-6-19(7-9-20)22-17-31-24(26-22)28-13-15-30-16-14-28/h3-4,6-11,17H,5,12-16H2,1-2H3,(H,25,29). The van der Waals surface area contributed by atoms with Crippen molar-refractivity contribution in [3.8, 4) is 11.3 Å². The second-order valence-corrected chi connectivity index (χ2v) is 8.64. The van der Waals surface area contributed by atoms with E-state index in [-0.39, 0.29) is 5.91 Å². The molecule has 0 aliphatic carbocycles. The van der Waals surface area contributed by atoms with Gasteiger partial charge in [0.15, 0.2) is 5.13 Å². The molecule has 1 saturated heterocycles. The van der Waals surface area contributed by atoms with Crippen molar-refractivity contribution >= 4 is 33.8 Å². The number of thiazole rings is 1. The van der Waals surface area contributed by atoms with Crippen molar-refractivity contribution < 1.29 is 9.53 Å². The Kier molecular flexibility index (Phi) is 6.84. The zero-order valence-electron chi connectivity index (χ0n) is 18.0. The molecule has 1 fully saturated rings. The fraction of sp³-hybridized carbons (Fsp3) is 0.333. The van der Waals surface area contributed by atoms with Gasteiger partial charge < -0.3 is 19.9 Å². The number of aromatic nitrogens is 1. The number of ether oxygens (including phenoxy) is 1. The van der Waals surface area contributed by atoms with E-state index >= 15 is 0 Å². The molecule has 0 unspecified atom stereocenters. The first kappa shape index (κ1) is 21.3. The van der Waals surface area contributed by atoms with Crippen molar-refractivity contribution in [1.29, 1.82) is 0 Å². The average Bonchev–Trinajstić information content (AvgIpc) is 3.29. The lowest BCUT2D eigenvalue weighted by molar-refractivity contribution is -0.116. The molecule has 162 valence electrons. The van der Waals surface area contributed by atoms with Gasteiger partial charge in [0.25, 0.3) is 0 Å². The zero-order chi connectivity index (χ0) is 21.6. The van der Waals surface area contributed by atoms with Gasteiger partial charge in [-0.1, -0.05) is 24.3 Å². The lowest BCUT2D eigenvalue weighted by Crippen LogP contribution is -2.36. The van der Waals surface area contributed by atoms with E-state index in [1.807, 2.05) is 38.4 Å². The van der Waals surface area contributed by atoms with Crippen molar-refractivity contribution in [3.05, 3.63) is 59.5 Å². The lowest BCUT2D eigenvalue weighted by atomic mass is 10.1. The number of anilines is 3. The summed E-state index contributed by atoms with van der Waals surface area (Å²) in [6.45, 7) is 3.28. The Morgan fingerprint density at radius 1 is 1.10 bits per heavy atom. The van der Waals surface area contributed by atoms with Gasteiger partial charge in [-0.15, -0.1) is 11.3 Å². The molecule has 0 spiro atoms. The van der Waals surface area contributed by atoms with Gasteiger partial charge in [-0.2, -0.15) is 0 Å². The van der Waals surface area contributed by atoms with Crippen LogP contribution in [0.2, 0.25) is 0 Å². The van der Waals surface area contributed by atoms with E-state index in [9.17, 15) is 4.79 Å². The average molecular weight is 437 g/mol. The maximum absolute atomic E-state index is 12.3. The molecular weight excluding hydrogens is 408 g/mol. The van der Waals surface area contributed by atoms with Crippen LogP contribution in [0, 0.1) is 0 Å². The van der Waals surface area contributed by atoms with Crippen LogP contribution in [0.25, 0.3) is 11.3 Å². The molecule has 0 bridgehead atoms. The van der Waals surface area contributed by atoms with Crippen molar-refractivity contribution in [1.82, 2.24) is 4.98 Å². The molecule has 2 heterocycles. The Morgan fingerprint density at radius 2 is 1.81 bits per heavy atom. The summed E-state index contributed by atoms with van der Waals surface area (Å²) >= 11 is 1.66. The number of carbonyl (C=O) groups excluding carboxylic acids is 1. The maximum atomic E-state index is 12.3. The molecule has 0 radical (unpaired) electrons. The van der Waals surface area contributed by atoms with Crippen LogP contribution in [0.5, 0.6) is 0 Å². The third-order valence-electron chi connectivity index (χ3n) is 5.33. The zero-order valence-corrected chi connectivity index (χ0v) is 18.8. The predicted molar refractivity (Wildman–Crippen MR) is 128 cm³/mol. The molecule has 2 aromatic carbocycles. The Hall–Kier alpha value is -2.90. The smallest absolute Gasteiger partial charge is 0.224 e. The third-order valence-corrected chi connectivity index (χ3v) is 6.23. The minimum Gasteiger partial charge on any atom is -0.378 e. The monoisotopic (exact) mass is 436 g/mol. The molecule has 0 atom stereocenters. The Balaban J connectivity index is 1.30. The molecule has 4 rings (SSSR count). The molecule has 1 N–H and O–H groups in total. The molecule has 31 heavy (non-hydrogen) atoms. The van der Waals surface area contributed by atoms with Crippen LogP contribution in [-0.4, -0.2) is 51.3 Å². The molecule has 1 aliphatic rings. The third kappa shape index (κ3) is 5.62. The van der Waals surface area contributed by atoms with Gasteiger partial charge in [-0.3, -0.25) is 4.79 Å². The minimum absolute atomic E-state index is 0.0210. The fourth-order valence-electron chi connectivity index (χ4n) is 3.46. The van der Waals surface area contributed by atoms with E-state index in [0.29, 0.717) is 6.42 Å². The van der Waals surface area contributed by atoms with E-state index in [0.717, 1.165) is 66.1 Å². The normalized spacial score (nSPS) is 13.8. The summed E-state index contributed by atoms with van der Waals surface area (Å²) in [5.41, 5.74) is 5.14. The highest BCUT2D eigenvalue weighted by molar-refractivity contribution is 7.14. The molecule has 1 aromatic heterocycles. The van der Waals surface area contributed by atoms with Crippen LogP contribution in [0.1, 0.15) is 12.0 Å². The molecule has 6 nitrogen and oxygen atoms in total. The molecule has 1 aliphatic heterocycles. The maximum Gasteiger partial charge on any atom is 0.224 e. The number of nitrogens with one attached hydrogen (secondary N) is 1. The summed E-state index contributed by atoms with van der Waals surface area (Å²) in [4.78, 5) is 21.5. The summed E-state index contributed by atoms with van der Waals surface area (Å²) in [7, 11) is 4.04. The van der Waals surface area contributed by atoms with Crippen molar-refractivity contribution in [2.75, 3.05) is 55.5 Å². The van der Waals surface area contributed by atoms with Gasteiger partial charge in [0, 0.05) is 55.9 Å². The molecular formula is C24H28N4O2S. The van der Waals surface area contributed by atoms with E-state index in [1.165, 1.54) is 0 Å². The number of carbonyl (C=O) groups is 1. The predicted octanol–water partition coefficient (Wildman–Crippen LogP) is 4.28. The first-order valence-corrected chi connectivity index (χ1v) is 11.4. The summed E-state index contributed by atoms with van der Waals surface area (Å²) in [6, 6.07) is 16.2. The SMILES string of the molecule is CN(C)c1ccc(CCC(=O)Nc2ccc(-c3csc(N4CCOCC4)n3)cc2)cc1. The minimum atomic E-state index is 0.0210. The number of rotatable bonds is 7. The fourth-order valence-corrected chi connectivity index (χ4v) is 4.35. The summed E-state index contributed by atoms with van der Waals surface area (Å²) in [6.07, 6.45) is 1.18. The van der Waals surface area contributed by atoms with E-state index in [4.69, 9.17) is 9.72 Å². The van der Waals surface area contributed by atoms with Crippen LogP contribution in [0.3, 0.4) is 0 Å². The van der Waals surface area contributed by atoms with Gasteiger partial charge in [0.05, 0.1) is 18.9 Å². The van der Waals surface area contributed by atoms with Gasteiger partial charge in [0.1, 0.15) is 0 Å². The van der Waals surface area contributed by atoms with Gasteiger partial charge in [-0.25, -0.2) is 4.98 Å². The van der Waals surface area contributed by atoms with Gasteiger partial charge in [-0.05, 0) is 36.2 Å². The van der Waals surface area contributed by atoms with Crippen LogP contribution < -0.4 is 15.1 Å². The Morgan fingerprint density at radius 3 is 2.48 bits per heavy atom. The molecule has 1 amide bonds. The Bertz CT molecular complexity index is 993. The van der Waals surface area contributed by atoms with Crippen LogP contribution in [0.4, 0.5) is 16.5 Å². The first-order valence-electron chi connectivity index (χ1n) is 10.5. The highest BCUT2D eigenvalue weighted by atomic mass is 32.1. The number of hydrogen-bond donors (Lipinski definition) is 1. The lowest BCUT2D eigenvalue weighted by Gasteiger charge is -2.26. The largest absolute Gasteiger partial charge is 0.378 e. The molecule has 3 aromatic rings. The molecule has 7 heteroatoms. The number of amides is 1. The van der Waals surface area contributed by atoms with Crippen molar-refractivity contribution in [3.63, 3.8) is 0 Å². The quantitative estimate of drug-likeness (QED) is 0.599. The van der Waals surface area contributed by atoms with Crippen LogP contribution in [-0.2, 0) is 16.0 Å². The van der Waals surface area contributed by atoms with Crippen LogP contribution in [0.15, 0.2) is 53.9 Å². The number of aryl methyl sites for hydroxylation is 1. The number of nitrogens with zero attached hydrogens (tertiary/aromatic N) is 3. The van der Waals surface area contributed by atoms with Gasteiger partial charge >= 0.3 is 0 Å². The van der Waals surface area contributed by atoms with E-state index in [1.54, 1.807) is 11.3 Å². The summed E-state index contributed by atoms with van der Waals surface area (Å²) in [5.74, 6) is 0.0210. The summed E-state index contributed by atoms with van der Waals surface area (Å²) < 4.78 is 5.41. The number of benzene rings is 2. The Labute approximate surface area is 187 Å². The second kappa shape index (κ2) is 9.94. The summed E-state index contributed by atoms with van der Waals surface area (Å²) in [5, 5.41) is 6.11. The van der Waals surface area contributed by atoms with Crippen molar-refractivity contribution in [2.45, 2.75) is 12.8 Å². The first-order chi connectivity index (χ1) is 15.1. The van der Waals surface area contributed by atoms with Crippen LogP contribution >= 0.6 is 11.3 Å². The van der Waals surface area contributed by atoms with E-state index < -0.39 is 0 Å². The van der Waals surface area contributed by atoms with Crippen molar-refractivity contribution in [2.24, 2.45) is 0 Å². The van der Waals surface area contributed by atoms with E-state index in [2.05, 4.69) is 44.8 Å². The topological polar surface area (TPSA) is 57.7 Å².